The SMILES string of the molecule is CNC(=O)[C@@H]1C[C@H]2CN(C(=O)NCC(C)C)C[C@H]1O2. The van der Waals surface area contributed by atoms with Gasteiger partial charge in [0.15, 0.2) is 0 Å². The second-order valence-electron chi connectivity index (χ2n) is 5.74. The summed E-state index contributed by atoms with van der Waals surface area (Å²) in [7, 11) is 1.64. The number of carbonyl (C=O) groups is 2. The average Bonchev–Trinajstić information content (AvgIpc) is 2.69. The van der Waals surface area contributed by atoms with E-state index in [1.165, 1.54) is 0 Å². The van der Waals surface area contributed by atoms with Crippen LogP contribution >= 0.6 is 0 Å². The molecule has 2 heterocycles. The first kappa shape index (κ1) is 14.1. The minimum atomic E-state index is -0.163. The molecule has 2 aliphatic heterocycles. The van der Waals surface area contributed by atoms with E-state index >= 15 is 0 Å². The van der Waals surface area contributed by atoms with Crippen molar-refractivity contribution in [3.63, 3.8) is 0 Å². The van der Waals surface area contributed by atoms with Crippen LogP contribution in [0.15, 0.2) is 0 Å². The van der Waals surface area contributed by atoms with E-state index in [0.29, 0.717) is 32.0 Å². The molecule has 0 spiro atoms. The molecule has 2 rings (SSSR count). The second-order valence-corrected chi connectivity index (χ2v) is 5.74. The van der Waals surface area contributed by atoms with Crippen molar-refractivity contribution >= 4 is 11.9 Å². The van der Waals surface area contributed by atoms with E-state index in [2.05, 4.69) is 24.5 Å². The summed E-state index contributed by atoms with van der Waals surface area (Å²) in [6.07, 6.45) is 0.535. The highest BCUT2D eigenvalue weighted by atomic mass is 16.5. The molecule has 0 aromatic carbocycles. The van der Waals surface area contributed by atoms with Gasteiger partial charge in [-0.25, -0.2) is 4.79 Å². The van der Waals surface area contributed by atoms with Gasteiger partial charge in [0.25, 0.3) is 0 Å². The molecule has 0 aromatic rings. The van der Waals surface area contributed by atoms with Gasteiger partial charge >= 0.3 is 6.03 Å². The molecule has 108 valence electrons. The van der Waals surface area contributed by atoms with Crippen molar-refractivity contribution in [2.75, 3.05) is 26.7 Å². The Labute approximate surface area is 113 Å². The smallest absolute Gasteiger partial charge is 0.317 e. The minimum absolute atomic E-state index is 0.00847. The molecule has 3 atom stereocenters. The highest BCUT2D eigenvalue weighted by Crippen LogP contribution is 2.31. The lowest BCUT2D eigenvalue weighted by Gasteiger charge is -2.32. The fraction of sp³-hybridized carbons (Fsp3) is 0.846. The molecule has 3 amide bonds. The van der Waals surface area contributed by atoms with Crippen molar-refractivity contribution in [1.29, 1.82) is 0 Å². The van der Waals surface area contributed by atoms with E-state index < -0.39 is 0 Å². The second kappa shape index (κ2) is 5.77. The number of morpholine rings is 1. The molecule has 0 saturated carbocycles. The van der Waals surface area contributed by atoms with Gasteiger partial charge in [0.05, 0.1) is 18.1 Å². The Morgan fingerprint density at radius 2 is 2.11 bits per heavy atom. The lowest BCUT2D eigenvalue weighted by molar-refractivity contribution is -0.127. The molecule has 2 saturated heterocycles. The predicted molar refractivity (Wildman–Crippen MR) is 70.6 cm³/mol. The maximum absolute atomic E-state index is 12.0. The van der Waals surface area contributed by atoms with E-state index in [0.717, 1.165) is 0 Å². The fourth-order valence-electron chi connectivity index (χ4n) is 2.69. The van der Waals surface area contributed by atoms with Gasteiger partial charge in [-0.2, -0.15) is 0 Å². The van der Waals surface area contributed by atoms with Crippen molar-refractivity contribution in [3.05, 3.63) is 0 Å². The van der Waals surface area contributed by atoms with Crippen LogP contribution in [-0.4, -0.2) is 55.7 Å². The van der Waals surface area contributed by atoms with Crippen molar-refractivity contribution in [3.8, 4) is 0 Å². The van der Waals surface area contributed by atoms with Crippen LogP contribution < -0.4 is 10.6 Å². The van der Waals surface area contributed by atoms with E-state index in [9.17, 15) is 9.59 Å². The van der Waals surface area contributed by atoms with Crippen LogP contribution in [0.3, 0.4) is 0 Å². The Balaban J connectivity index is 1.91. The van der Waals surface area contributed by atoms with Crippen molar-refractivity contribution in [1.82, 2.24) is 15.5 Å². The predicted octanol–water partition coefficient (Wildman–Crippen LogP) is 0.187. The third-order valence-corrected chi connectivity index (χ3v) is 3.69. The normalized spacial score (nSPS) is 29.5. The summed E-state index contributed by atoms with van der Waals surface area (Å²) in [6.45, 7) is 5.87. The molecule has 19 heavy (non-hydrogen) atoms. The number of fused-ring (bicyclic) bond motifs is 2. The quantitative estimate of drug-likeness (QED) is 0.768. The summed E-state index contributed by atoms with van der Waals surface area (Å²) < 4.78 is 5.76. The number of nitrogens with one attached hydrogen (secondary N) is 2. The summed E-state index contributed by atoms with van der Waals surface area (Å²) in [5.41, 5.74) is 0. The zero-order chi connectivity index (χ0) is 14.0. The highest BCUT2D eigenvalue weighted by molar-refractivity contribution is 5.80. The third kappa shape index (κ3) is 3.18. The Kier molecular flexibility index (Phi) is 4.29. The van der Waals surface area contributed by atoms with E-state index in [1.54, 1.807) is 11.9 Å². The molecule has 6 nitrogen and oxygen atoms in total. The molecule has 0 radical (unpaired) electrons. The van der Waals surface area contributed by atoms with E-state index in [4.69, 9.17) is 4.74 Å². The van der Waals surface area contributed by atoms with Gasteiger partial charge in [0.1, 0.15) is 0 Å². The van der Waals surface area contributed by atoms with Gasteiger partial charge in [-0.1, -0.05) is 13.8 Å². The zero-order valence-electron chi connectivity index (χ0n) is 11.8. The number of rotatable bonds is 3. The minimum Gasteiger partial charge on any atom is -0.370 e. The van der Waals surface area contributed by atoms with Crippen LogP contribution in [0, 0.1) is 11.8 Å². The molecule has 2 bridgehead atoms. The van der Waals surface area contributed by atoms with E-state index in [1.807, 2.05) is 0 Å². The van der Waals surface area contributed by atoms with Gasteiger partial charge in [0, 0.05) is 26.7 Å². The summed E-state index contributed by atoms with van der Waals surface area (Å²) in [5.74, 6) is 0.315. The molecule has 0 unspecified atom stereocenters. The lowest BCUT2D eigenvalue weighted by Crippen LogP contribution is -2.51. The number of ether oxygens (including phenoxy) is 1. The van der Waals surface area contributed by atoms with Crippen molar-refractivity contribution in [2.24, 2.45) is 11.8 Å². The van der Waals surface area contributed by atoms with Gasteiger partial charge in [-0.15, -0.1) is 0 Å². The fourth-order valence-corrected chi connectivity index (χ4v) is 2.69. The Morgan fingerprint density at radius 1 is 1.37 bits per heavy atom. The molecule has 0 aromatic heterocycles. The van der Waals surface area contributed by atoms with Gasteiger partial charge in [-0.05, 0) is 12.3 Å². The van der Waals surface area contributed by atoms with Crippen LogP contribution in [-0.2, 0) is 9.53 Å². The van der Waals surface area contributed by atoms with Gasteiger partial charge in [-0.3, -0.25) is 4.79 Å². The highest BCUT2D eigenvalue weighted by Gasteiger charge is 2.45. The third-order valence-electron chi connectivity index (χ3n) is 3.69. The first-order valence-electron chi connectivity index (χ1n) is 6.91. The molecular weight excluding hydrogens is 246 g/mol. The summed E-state index contributed by atoms with van der Waals surface area (Å²) in [4.78, 5) is 25.5. The molecule has 2 N–H and O–H groups in total. The van der Waals surface area contributed by atoms with Crippen molar-refractivity contribution in [2.45, 2.75) is 32.5 Å². The van der Waals surface area contributed by atoms with Crippen molar-refractivity contribution < 1.29 is 14.3 Å². The Hall–Kier alpha value is -1.30. The number of likely N-dealkylation sites (tertiary alicyclic amines) is 1. The summed E-state index contributed by atoms with van der Waals surface area (Å²) in [5, 5.41) is 5.58. The Bertz CT molecular complexity index is 359. The summed E-state index contributed by atoms with van der Waals surface area (Å²) >= 11 is 0. The topological polar surface area (TPSA) is 70.7 Å². The molecule has 2 aliphatic rings. The largest absolute Gasteiger partial charge is 0.370 e. The molecule has 2 fully saturated rings. The lowest BCUT2D eigenvalue weighted by atomic mass is 10.00. The number of nitrogens with zero attached hydrogens (tertiary/aromatic N) is 1. The van der Waals surface area contributed by atoms with Gasteiger partial charge in [0.2, 0.25) is 5.91 Å². The first-order chi connectivity index (χ1) is 9.01. The van der Waals surface area contributed by atoms with Crippen LogP contribution in [0.1, 0.15) is 20.3 Å². The summed E-state index contributed by atoms with van der Waals surface area (Å²) in [6, 6.07) is -0.0513. The number of carbonyl (C=O) groups excluding carboxylic acids is 2. The zero-order valence-corrected chi connectivity index (χ0v) is 11.8. The average molecular weight is 269 g/mol. The molecular formula is C13H23N3O3. The van der Waals surface area contributed by atoms with Gasteiger partial charge < -0.3 is 20.3 Å². The number of hydrogen-bond donors (Lipinski definition) is 2. The number of amides is 3. The Morgan fingerprint density at radius 3 is 2.74 bits per heavy atom. The van der Waals surface area contributed by atoms with Crippen LogP contribution in [0.2, 0.25) is 0 Å². The number of hydrogen-bond acceptors (Lipinski definition) is 3. The molecule has 6 heteroatoms. The maximum Gasteiger partial charge on any atom is 0.317 e. The maximum atomic E-state index is 12.0. The standard InChI is InChI=1S/C13H23N3O3/c1-8(2)5-15-13(18)16-6-9-4-10(12(17)14-3)11(7-16)19-9/h8-11H,4-7H2,1-3H3,(H,14,17)(H,15,18)/t9-,10+,11+/m0/s1. The van der Waals surface area contributed by atoms with Crippen LogP contribution in [0.4, 0.5) is 4.79 Å². The first-order valence-corrected chi connectivity index (χ1v) is 6.91. The monoisotopic (exact) mass is 269 g/mol. The van der Waals surface area contributed by atoms with Crippen LogP contribution in [0.25, 0.3) is 0 Å². The molecule has 0 aliphatic carbocycles. The van der Waals surface area contributed by atoms with E-state index in [-0.39, 0.29) is 30.1 Å². The number of urea groups is 1. The van der Waals surface area contributed by atoms with Crippen LogP contribution in [0.5, 0.6) is 0 Å².